The third-order valence-electron chi connectivity index (χ3n) is 5.56. The Morgan fingerprint density at radius 1 is 1.21 bits per heavy atom. The lowest BCUT2D eigenvalue weighted by Crippen LogP contribution is -2.27. The summed E-state index contributed by atoms with van der Waals surface area (Å²) in [5.74, 6) is -0.0582. The number of halogens is 1. The zero-order valence-corrected chi connectivity index (χ0v) is 17.6. The average Bonchev–Trinajstić information content (AvgIpc) is 3.45. The maximum Gasteiger partial charge on any atom is 0.246 e. The summed E-state index contributed by atoms with van der Waals surface area (Å²) in [6, 6.07) is 12.0. The minimum Gasteiger partial charge on any atom is -0.439 e. The summed E-state index contributed by atoms with van der Waals surface area (Å²) in [7, 11) is 0. The van der Waals surface area contributed by atoms with Gasteiger partial charge in [-0.15, -0.1) is 0 Å². The second kappa shape index (κ2) is 8.30. The van der Waals surface area contributed by atoms with Gasteiger partial charge in [-0.25, -0.2) is 14.6 Å². The molecule has 1 aliphatic rings. The molecule has 3 aromatic heterocycles. The van der Waals surface area contributed by atoms with E-state index < -0.39 is 5.95 Å². The maximum atomic E-state index is 15.1. The Morgan fingerprint density at radius 3 is 2.79 bits per heavy atom. The quantitative estimate of drug-likeness (QED) is 0.370. The van der Waals surface area contributed by atoms with Gasteiger partial charge in [0.2, 0.25) is 17.7 Å². The number of hydrogen-bond donors (Lipinski definition) is 1. The molecule has 1 atom stereocenters. The van der Waals surface area contributed by atoms with E-state index in [9.17, 15) is 4.79 Å². The number of pyridine rings is 1. The van der Waals surface area contributed by atoms with E-state index in [2.05, 4.69) is 26.6 Å². The topological polar surface area (TPSA) is 112 Å². The van der Waals surface area contributed by atoms with Gasteiger partial charge < -0.3 is 15.4 Å². The van der Waals surface area contributed by atoms with E-state index in [1.165, 1.54) is 12.4 Å². The van der Waals surface area contributed by atoms with E-state index in [4.69, 9.17) is 10.5 Å². The Labute approximate surface area is 188 Å². The van der Waals surface area contributed by atoms with Crippen LogP contribution in [0.3, 0.4) is 0 Å². The van der Waals surface area contributed by atoms with Crippen molar-refractivity contribution >= 4 is 22.8 Å². The van der Waals surface area contributed by atoms with E-state index >= 15 is 4.39 Å². The van der Waals surface area contributed by atoms with E-state index in [1.54, 1.807) is 33.8 Å². The number of nitrogens with zero attached hydrogens (tertiary/aromatic N) is 6. The van der Waals surface area contributed by atoms with E-state index in [0.717, 1.165) is 0 Å². The van der Waals surface area contributed by atoms with Crippen molar-refractivity contribution in [1.82, 2.24) is 29.6 Å². The van der Waals surface area contributed by atoms with E-state index in [-0.39, 0.29) is 34.9 Å². The highest BCUT2D eigenvalue weighted by Gasteiger charge is 2.30. The van der Waals surface area contributed by atoms with Gasteiger partial charge in [-0.3, -0.25) is 4.79 Å². The highest BCUT2D eigenvalue weighted by atomic mass is 19.1. The van der Waals surface area contributed by atoms with Crippen LogP contribution < -0.4 is 10.5 Å². The molecule has 0 spiro atoms. The van der Waals surface area contributed by atoms with Crippen LogP contribution in [0.15, 0.2) is 61.4 Å². The molecule has 0 saturated carbocycles. The van der Waals surface area contributed by atoms with Crippen molar-refractivity contribution in [3.8, 4) is 22.9 Å². The number of hydrogen-bond acceptors (Lipinski definition) is 7. The molecule has 1 unspecified atom stereocenters. The molecular formula is C23H20FN7O2. The van der Waals surface area contributed by atoms with Gasteiger partial charge in [0.15, 0.2) is 5.65 Å². The molecule has 0 radical (unpaired) electrons. The third kappa shape index (κ3) is 3.75. The van der Waals surface area contributed by atoms with Crippen molar-refractivity contribution in [3.63, 3.8) is 0 Å². The first-order chi connectivity index (χ1) is 16.0. The third-order valence-corrected chi connectivity index (χ3v) is 5.56. The first kappa shape index (κ1) is 20.6. The van der Waals surface area contributed by atoms with Crippen molar-refractivity contribution in [3.05, 3.63) is 67.4 Å². The normalized spacial score (nSPS) is 15.7. The Balaban J connectivity index is 1.54. The summed E-state index contributed by atoms with van der Waals surface area (Å²) in [5, 5.41) is 5.08. The number of benzene rings is 1. The van der Waals surface area contributed by atoms with Crippen LogP contribution in [0.5, 0.6) is 11.6 Å². The van der Waals surface area contributed by atoms with Crippen molar-refractivity contribution < 1.29 is 13.9 Å². The summed E-state index contributed by atoms with van der Waals surface area (Å²) < 4.78 is 22.4. The Kier molecular flexibility index (Phi) is 5.17. The largest absolute Gasteiger partial charge is 0.439 e. The highest BCUT2D eigenvalue weighted by molar-refractivity contribution is 5.98. The van der Waals surface area contributed by atoms with Crippen molar-refractivity contribution in [2.24, 2.45) is 0 Å². The smallest absolute Gasteiger partial charge is 0.246 e. The number of anilines is 1. The first-order valence-corrected chi connectivity index (χ1v) is 10.3. The predicted molar refractivity (Wildman–Crippen MR) is 120 cm³/mol. The fourth-order valence-electron chi connectivity index (χ4n) is 3.97. The molecule has 166 valence electrons. The lowest BCUT2D eigenvalue weighted by atomic mass is 10.1. The van der Waals surface area contributed by atoms with Crippen LogP contribution >= 0.6 is 0 Å². The van der Waals surface area contributed by atoms with Crippen LogP contribution in [0.4, 0.5) is 10.2 Å². The van der Waals surface area contributed by atoms with Crippen LogP contribution in [0.1, 0.15) is 12.5 Å². The highest BCUT2D eigenvalue weighted by Crippen LogP contribution is 2.35. The summed E-state index contributed by atoms with van der Waals surface area (Å²) in [5.41, 5.74) is 7.04. The van der Waals surface area contributed by atoms with Gasteiger partial charge in [-0.05, 0) is 30.7 Å². The number of nitrogens with two attached hydrogens (primary N) is 1. The van der Waals surface area contributed by atoms with Crippen molar-refractivity contribution in [2.75, 3.05) is 18.8 Å². The van der Waals surface area contributed by atoms with Crippen LogP contribution in [0, 0.1) is 5.95 Å². The summed E-state index contributed by atoms with van der Waals surface area (Å²) in [4.78, 5) is 26.0. The summed E-state index contributed by atoms with van der Waals surface area (Å²) in [6.45, 7) is 4.55. The van der Waals surface area contributed by atoms with Crippen molar-refractivity contribution in [2.45, 2.75) is 12.5 Å². The fourth-order valence-corrected chi connectivity index (χ4v) is 3.97. The van der Waals surface area contributed by atoms with Gasteiger partial charge in [0.05, 0.1) is 17.0 Å². The maximum absolute atomic E-state index is 15.1. The van der Waals surface area contributed by atoms with Gasteiger partial charge in [-0.2, -0.15) is 14.5 Å². The number of rotatable bonds is 5. The molecular weight excluding hydrogens is 425 g/mol. The molecule has 9 nitrogen and oxygen atoms in total. The number of carbonyl (C=O) groups excluding carboxylic acids is 1. The van der Waals surface area contributed by atoms with Gasteiger partial charge in [0.1, 0.15) is 23.6 Å². The Bertz CT molecular complexity index is 1360. The molecule has 33 heavy (non-hydrogen) atoms. The van der Waals surface area contributed by atoms with Crippen LogP contribution in [-0.4, -0.2) is 48.6 Å². The van der Waals surface area contributed by atoms with Crippen LogP contribution in [0.2, 0.25) is 0 Å². The molecule has 2 N–H and O–H groups in total. The number of fused-ring (bicyclic) bond motifs is 1. The molecule has 10 heteroatoms. The zero-order chi connectivity index (χ0) is 22.9. The molecule has 1 aromatic carbocycles. The Morgan fingerprint density at radius 2 is 2.03 bits per heavy atom. The number of nitrogen functional groups attached to an aromatic ring is 1. The average molecular weight is 445 g/mol. The van der Waals surface area contributed by atoms with Crippen LogP contribution in [-0.2, 0) is 4.79 Å². The molecule has 1 fully saturated rings. The molecule has 0 bridgehead atoms. The van der Waals surface area contributed by atoms with Crippen molar-refractivity contribution in [1.29, 1.82) is 0 Å². The lowest BCUT2D eigenvalue weighted by Gasteiger charge is -2.14. The van der Waals surface area contributed by atoms with Crippen LogP contribution in [0.25, 0.3) is 22.3 Å². The number of carbonyl (C=O) groups is 1. The monoisotopic (exact) mass is 445 g/mol. The van der Waals surface area contributed by atoms with Gasteiger partial charge in [0, 0.05) is 19.2 Å². The molecule has 1 amide bonds. The SMILES string of the molecule is C=CC(=O)N1CCC(n2nc(-c3ccc(Oc4ccccc4)nc3F)c3c(N)ncnc32)C1. The number of likely N-dealkylation sites (tertiary alicyclic amines) is 1. The Hall–Kier alpha value is -4.34. The second-order valence-electron chi connectivity index (χ2n) is 7.58. The molecule has 5 rings (SSSR count). The van der Waals surface area contributed by atoms with Gasteiger partial charge in [0.25, 0.3) is 0 Å². The minimum absolute atomic E-state index is 0.116. The second-order valence-corrected chi connectivity index (χ2v) is 7.58. The standard InChI is InChI=1S/C23H20FN7O2/c1-2-18(32)30-11-10-14(12-30)31-23-19(22(25)26-13-27-23)20(29-31)16-8-9-17(28-21(16)24)33-15-6-4-3-5-7-15/h2-9,13-14H,1,10-12H2,(H2,25,26,27). The number of para-hydroxylation sites is 1. The molecule has 0 aliphatic carbocycles. The van der Waals surface area contributed by atoms with Gasteiger partial charge in [-0.1, -0.05) is 24.8 Å². The number of amides is 1. The number of aromatic nitrogens is 5. The molecule has 1 aliphatic heterocycles. The van der Waals surface area contributed by atoms with E-state index in [1.807, 2.05) is 18.2 Å². The number of ether oxygens (including phenoxy) is 1. The summed E-state index contributed by atoms with van der Waals surface area (Å²) >= 11 is 0. The van der Waals surface area contributed by atoms with E-state index in [0.29, 0.717) is 36.3 Å². The summed E-state index contributed by atoms with van der Waals surface area (Å²) in [6.07, 6.45) is 3.30. The lowest BCUT2D eigenvalue weighted by molar-refractivity contribution is -0.125. The molecule has 4 heterocycles. The van der Waals surface area contributed by atoms with Gasteiger partial charge >= 0.3 is 0 Å². The zero-order valence-electron chi connectivity index (χ0n) is 17.6. The molecule has 4 aromatic rings. The molecule has 1 saturated heterocycles. The predicted octanol–water partition coefficient (Wildman–Crippen LogP) is 3.36. The first-order valence-electron chi connectivity index (χ1n) is 10.3. The fraction of sp³-hybridized carbons (Fsp3) is 0.174. The minimum atomic E-state index is -0.756.